The minimum atomic E-state index is 0.603. The Labute approximate surface area is 86.5 Å². The molecule has 3 nitrogen and oxygen atoms in total. The lowest BCUT2D eigenvalue weighted by Gasteiger charge is -2.21. The second-order valence-corrected chi connectivity index (χ2v) is 5.11. The number of nitrogens with zero attached hydrogens (tertiary/aromatic N) is 2. The van der Waals surface area contributed by atoms with E-state index in [1.165, 1.54) is 35.9 Å². The second kappa shape index (κ2) is 4.28. The number of hydrogen-bond donors (Lipinski definition) is 1. The van der Waals surface area contributed by atoms with Crippen LogP contribution in [0.2, 0.25) is 0 Å². The summed E-state index contributed by atoms with van der Waals surface area (Å²) in [5.41, 5.74) is 0. The van der Waals surface area contributed by atoms with E-state index in [-0.39, 0.29) is 0 Å². The third-order valence-electron chi connectivity index (χ3n) is 2.02. The molecule has 0 spiro atoms. The summed E-state index contributed by atoms with van der Waals surface area (Å²) < 4.78 is 4.14. The minimum Gasteiger partial charge on any atom is -0.357 e. The van der Waals surface area contributed by atoms with E-state index in [1.54, 1.807) is 0 Å². The highest BCUT2D eigenvalue weighted by molar-refractivity contribution is 7.99. The average molecular weight is 215 g/mol. The number of hydrogen-bond acceptors (Lipinski definition) is 5. The van der Waals surface area contributed by atoms with Crippen molar-refractivity contribution in [1.82, 2.24) is 9.36 Å². The van der Waals surface area contributed by atoms with E-state index in [9.17, 15) is 0 Å². The van der Waals surface area contributed by atoms with Gasteiger partial charge in [-0.15, -0.1) is 0 Å². The third-order valence-corrected chi connectivity index (χ3v) is 3.97. The van der Waals surface area contributed by atoms with Crippen LogP contribution in [0.25, 0.3) is 0 Å². The fourth-order valence-electron chi connectivity index (χ4n) is 1.38. The van der Waals surface area contributed by atoms with Crippen LogP contribution in [0, 0.1) is 6.92 Å². The summed E-state index contributed by atoms with van der Waals surface area (Å²) in [6, 6.07) is 0.603. The summed E-state index contributed by atoms with van der Waals surface area (Å²) in [4.78, 5) is 4.29. The normalized spacial score (nSPS) is 23.0. The lowest BCUT2D eigenvalue weighted by Crippen LogP contribution is -2.25. The Morgan fingerprint density at radius 3 is 3.08 bits per heavy atom. The minimum absolute atomic E-state index is 0.603. The van der Waals surface area contributed by atoms with Crippen molar-refractivity contribution in [3.63, 3.8) is 0 Å². The first-order chi connectivity index (χ1) is 6.34. The van der Waals surface area contributed by atoms with Crippen LogP contribution < -0.4 is 5.32 Å². The molecule has 1 unspecified atom stereocenters. The average Bonchev–Trinajstić information content (AvgIpc) is 2.53. The van der Waals surface area contributed by atoms with Gasteiger partial charge in [-0.3, -0.25) is 0 Å². The van der Waals surface area contributed by atoms with Crippen LogP contribution in [0.3, 0.4) is 0 Å². The molecule has 0 saturated carbocycles. The Balaban J connectivity index is 1.89. The zero-order chi connectivity index (χ0) is 9.10. The van der Waals surface area contributed by atoms with Crippen LogP contribution in [-0.2, 0) is 0 Å². The Morgan fingerprint density at radius 2 is 2.46 bits per heavy atom. The van der Waals surface area contributed by atoms with Crippen molar-refractivity contribution in [2.24, 2.45) is 0 Å². The molecule has 0 amide bonds. The molecule has 1 atom stereocenters. The third kappa shape index (κ3) is 2.57. The quantitative estimate of drug-likeness (QED) is 0.820. The van der Waals surface area contributed by atoms with Crippen molar-refractivity contribution in [2.45, 2.75) is 25.8 Å². The molecule has 1 fully saturated rings. The van der Waals surface area contributed by atoms with E-state index in [1.807, 2.05) is 18.7 Å². The Bertz CT molecular complexity index is 268. The number of aromatic nitrogens is 2. The van der Waals surface area contributed by atoms with Gasteiger partial charge in [0.05, 0.1) is 0 Å². The van der Waals surface area contributed by atoms with E-state index in [0.717, 1.165) is 11.0 Å². The molecule has 1 saturated heterocycles. The van der Waals surface area contributed by atoms with Gasteiger partial charge in [0.1, 0.15) is 5.82 Å². The first-order valence-electron chi connectivity index (χ1n) is 4.49. The molecule has 1 aromatic rings. The predicted molar refractivity (Wildman–Crippen MR) is 58.6 cm³/mol. The summed E-state index contributed by atoms with van der Waals surface area (Å²) in [6.45, 7) is 1.93. The number of nitrogens with one attached hydrogen (secondary N) is 1. The van der Waals surface area contributed by atoms with Gasteiger partial charge in [-0.1, -0.05) is 0 Å². The maximum Gasteiger partial charge on any atom is 0.202 e. The SMILES string of the molecule is Cc1nsc(NC2CCCSC2)n1. The van der Waals surface area contributed by atoms with Gasteiger partial charge in [0.25, 0.3) is 0 Å². The molecule has 0 radical (unpaired) electrons. The summed E-state index contributed by atoms with van der Waals surface area (Å²) in [5.74, 6) is 3.39. The van der Waals surface area contributed by atoms with Crippen molar-refractivity contribution in [1.29, 1.82) is 0 Å². The fourth-order valence-corrected chi connectivity index (χ4v) is 3.11. The second-order valence-electron chi connectivity index (χ2n) is 3.21. The Kier molecular flexibility index (Phi) is 3.05. The molecule has 1 N–H and O–H groups in total. The lowest BCUT2D eigenvalue weighted by atomic mass is 10.2. The number of aryl methyl sites for hydroxylation is 1. The summed E-state index contributed by atoms with van der Waals surface area (Å²) in [6.07, 6.45) is 2.59. The topological polar surface area (TPSA) is 37.8 Å². The van der Waals surface area contributed by atoms with Gasteiger partial charge in [-0.2, -0.15) is 16.1 Å². The maximum atomic E-state index is 4.29. The summed E-state index contributed by atoms with van der Waals surface area (Å²) in [5, 5.41) is 4.40. The number of thioether (sulfide) groups is 1. The van der Waals surface area contributed by atoms with Crippen LogP contribution in [0.4, 0.5) is 5.13 Å². The first kappa shape index (κ1) is 9.27. The van der Waals surface area contributed by atoms with Gasteiger partial charge in [-0.25, -0.2) is 4.98 Å². The van der Waals surface area contributed by atoms with Crippen LogP contribution in [0.15, 0.2) is 0 Å². The van der Waals surface area contributed by atoms with Crippen LogP contribution in [0.5, 0.6) is 0 Å². The molecule has 1 aromatic heterocycles. The molecule has 13 heavy (non-hydrogen) atoms. The standard InChI is InChI=1S/C8H13N3S2/c1-6-9-8(13-11-6)10-7-3-2-4-12-5-7/h7H,2-5H2,1H3,(H,9,10,11). The molecule has 0 bridgehead atoms. The Morgan fingerprint density at radius 1 is 1.54 bits per heavy atom. The van der Waals surface area contributed by atoms with Gasteiger partial charge < -0.3 is 5.32 Å². The van der Waals surface area contributed by atoms with Gasteiger partial charge in [0.2, 0.25) is 5.13 Å². The maximum absolute atomic E-state index is 4.29. The van der Waals surface area contributed by atoms with Crippen molar-refractivity contribution in [3.8, 4) is 0 Å². The highest BCUT2D eigenvalue weighted by Gasteiger charge is 2.14. The molecule has 0 aromatic carbocycles. The molecule has 2 rings (SSSR count). The van der Waals surface area contributed by atoms with Gasteiger partial charge >= 0.3 is 0 Å². The highest BCUT2D eigenvalue weighted by Crippen LogP contribution is 2.21. The number of anilines is 1. The molecular formula is C8H13N3S2. The molecule has 2 heterocycles. The van der Waals surface area contributed by atoms with Gasteiger partial charge in [-0.05, 0) is 25.5 Å². The molecule has 72 valence electrons. The van der Waals surface area contributed by atoms with Crippen molar-refractivity contribution >= 4 is 28.4 Å². The molecule has 1 aliphatic rings. The van der Waals surface area contributed by atoms with Crippen molar-refractivity contribution < 1.29 is 0 Å². The van der Waals surface area contributed by atoms with Crippen LogP contribution >= 0.6 is 23.3 Å². The summed E-state index contributed by atoms with van der Waals surface area (Å²) >= 11 is 3.48. The monoisotopic (exact) mass is 215 g/mol. The lowest BCUT2D eigenvalue weighted by molar-refractivity contribution is 0.684. The van der Waals surface area contributed by atoms with E-state index >= 15 is 0 Å². The smallest absolute Gasteiger partial charge is 0.202 e. The van der Waals surface area contributed by atoms with E-state index in [2.05, 4.69) is 14.7 Å². The molecule has 5 heteroatoms. The van der Waals surface area contributed by atoms with Crippen molar-refractivity contribution in [3.05, 3.63) is 5.82 Å². The fraction of sp³-hybridized carbons (Fsp3) is 0.750. The highest BCUT2D eigenvalue weighted by atomic mass is 32.2. The number of rotatable bonds is 2. The van der Waals surface area contributed by atoms with Gasteiger partial charge in [0, 0.05) is 23.3 Å². The van der Waals surface area contributed by atoms with E-state index < -0.39 is 0 Å². The van der Waals surface area contributed by atoms with Crippen LogP contribution in [0.1, 0.15) is 18.7 Å². The van der Waals surface area contributed by atoms with Crippen LogP contribution in [-0.4, -0.2) is 26.9 Å². The molecule has 0 aliphatic carbocycles. The summed E-state index contributed by atoms with van der Waals surface area (Å²) in [7, 11) is 0. The van der Waals surface area contributed by atoms with E-state index in [0.29, 0.717) is 6.04 Å². The molecule has 1 aliphatic heterocycles. The zero-order valence-electron chi connectivity index (χ0n) is 7.62. The zero-order valence-corrected chi connectivity index (χ0v) is 9.25. The largest absolute Gasteiger partial charge is 0.357 e. The van der Waals surface area contributed by atoms with Gasteiger partial charge in [0.15, 0.2) is 0 Å². The molecular weight excluding hydrogens is 202 g/mol. The Hall–Kier alpha value is -0.290. The first-order valence-corrected chi connectivity index (χ1v) is 6.42. The van der Waals surface area contributed by atoms with E-state index in [4.69, 9.17) is 0 Å². The van der Waals surface area contributed by atoms with Crippen molar-refractivity contribution in [2.75, 3.05) is 16.8 Å². The predicted octanol–water partition coefficient (Wildman–Crippen LogP) is 2.15.